The molecule has 0 saturated carbocycles. The zero-order valence-corrected chi connectivity index (χ0v) is 43.6. The fourth-order valence-electron chi connectivity index (χ4n) is 10.1. The molecule has 7 amide bonds. The number of ether oxygens (including phenoxy) is 1. The molecule has 17 heteroatoms. The summed E-state index contributed by atoms with van der Waals surface area (Å²) in [6.07, 6.45) is 1.04. The van der Waals surface area contributed by atoms with E-state index in [0.29, 0.717) is 54.0 Å². The minimum absolute atomic E-state index is 0.0151. The highest BCUT2D eigenvalue weighted by molar-refractivity contribution is 6.00. The molecule has 0 spiro atoms. The summed E-state index contributed by atoms with van der Waals surface area (Å²) in [7, 11) is 0. The van der Waals surface area contributed by atoms with Crippen LogP contribution < -0.4 is 48.1 Å². The summed E-state index contributed by atoms with van der Waals surface area (Å²) in [6, 6.07) is 40.3. The summed E-state index contributed by atoms with van der Waals surface area (Å²) in [5.41, 5.74) is 15.4. The van der Waals surface area contributed by atoms with Crippen molar-refractivity contribution in [3.05, 3.63) is 186 Å². The Balaban J connectivity index is 1.20. The lowest BCUT2D eigenvalue weighted by atomic mass is 9.96. The lowest BCUT2D eigenvalue weighted by Gasteiger charge is -2.33. The third kappa shape index (κ3) is 15.2. The van der Waals surface area contributed by atoms with Gasteiger partial charge in [0.2, 0.25) is 41.4 Å². The molecule has 1 unspecified atom stereocenters. The highest BCUT2D eigenvalue weighted by Gasteiger charge is 2.48. The third-order valence-electron chi connectivity index (χ3n) is 14.3. The van der Waals surface area contributed by atoms with Crippen molar-refractivity contribution in [2.24, 2.45) is 17.4 Å². The molecule has 0 aliphatic carbocycles. The van der Waals surface area contributed by atoms with E-state index in [2.05, 4.69) is 31.9 Å². The fourth-order valence-corrected chi connectivity index (χ4v) is 10.1. The highest BCUT2D eigenvalue weighted by Crippen LogP contribution is 2.28. The molecule has 78 heavy (non-hydrogen) atoms. The SMILES string of the molecule is NCCCC[C@@H]1NC(=O)[C@H](Cc2ccc3ccccc3c2)NC(=O)[C@H](Cc2ccccc2)NC(=O)[C@@H]2C(C(=O)NCCN)CCN2C(=O)[C@H](Cc2ccccc2)NC(=O)[C@H](Cc2ccc(OCc3ccccc3)cc2)NC1=O. The van der Waals surface area contributed by atoms with Crippen molar-refractivity contribution < 1.29 is 38.3 Å². The van der Waals surface area contributed by atoms with Gasteiger partial charge in [-0.1, -0.05) is 146 Å². The van der Waals surface area contributed by atoms with Crippen LogP contribution in [0.5, 0.6) is 5.75 Å². The van der Waals surface area contributed by atoms with E-state index in [0.717, 1.165) is 16.3 Å². The van der Waals surface area contributed by atoms with Gasteiger partial charge < -0.3 is 53.0 Å². The summed E-state index contributed by atoms with van der Waals surface area (Å²) in [6.45, 7) is 0.825. The lowest BCUT2D eigenvalue weighted by molar-refractivity contribution is -0.145. The largest absolute Gasteiger partial charge is 0.489 e. The number of nitrogens with two attached hydrogens (primary N) is 2. The number of carbonyl (C=O) groups excluding carboxylic acids is 7. The number of rotatable bonds is 18. The predicted octanol–water partition coefficient (Wildman–Crippen LogP) is 3.55. The first-order valence-corrected chi connectivity index (χ1v) is 26.8. The van der Waals surface area contributed by atoms with E-state index in [4.69, 9.17) is 16.2 Å². The maximum Gasteiger partial charge on any atom is 0.246 e. The molecule has 0 radical (unpaired) electrons. The van der Waals surface area contributed by atoms with Crippen LogP contribution in [0.4, 0.5) is 0 Å². The van der Waals surface area contributed by atoms with Crippen LogP contribution in [0.3, 0.4) is 0 Å². The number of fused-ring (bicyclic) bond motifs is 2. The Morgan fingerprint density at radius 2 is 0.974 bits per heavy atom. The first-order chi connectivity index (χ1) is 38.0. The second kappa shape index (κ2) is 27.6. The van der Waals surface area contributed by atoms with Crippen molar-refractivity contribution in [1.82, 2.24) is 36.8 Å². The van der Waals surface area contributed by atoms with Gasteiger partial charge in [0.15, 0.2) is 0 Å². The number of hydrogen-bond acceptors (Lipinski definition) is 10. The molecule has 2 heterocycles. The van der Waals surface area contributed by atoms with Gasteiger partial charge in [-0.05, 0) is 83.0 Å². The monoisotopic (exact) mass is 1060 g/mol. The molecule has 10 N–H and O–H groups in total. The van der Waals surface area contributed by atoms with E-state index in [1.54, 1.807) is 72.8 Å². The Morgan fingerprint density at radius 1 is 0.500 bits per heavy atom. The molecule has 7 atom stereocenters. The van der Waals surface area contributed by atoms with Gasteiger partial charge in [-0.15, -0.1) is 0 Å². The molecule has 17 nitrogen and oxygen atoms in total. The summed E-state index contributed by atoms with van der Waals surface area (Å²) in [5, 5.41) is 19.3. The van der Waals surface area contributed by atoms with Gasteiger partial charge in [-0.3, -0.25) is 33.6 Å². The van der Waals surface area contributed by atoms with Gasteiger partial charge in [0.1, 0.15) is 48.6 Å². The van der Waals surface area contributed by atoms with Crippen LogP contribution >= 0.6 is 0 Å². The number of unbranched alkanes of at least 4 members (excludes halogenated alkanes) is 1. The van der Waals surface area contributed by atoms with E-state index in [-0.39, 0.29) is 58.2 Å². The number of amides is 7. The lowest BCUT2D eigenvalue weighted by Crippen LogP contribution is -2.63. The number of benzene rings is 6. The third-order valence-corrected chi connectivity index (χ3v) is 14.3. The van der Waals surface area contributed by atoms with Crippen LogP contribution in [-0.2, 0) is 65.9 Å². The second-order valence-corrected chi connectivity index (χ2v) is 19.9. The Hall–Kier alpha value is -8.41. The number of nitrogens with one attached hydrogen (secondary N) is 6. The minimum Gasteiger partial charge on any atom is -0.489 e. The zero-order valence-electron chi connectivity index (χ0n) is 43.6. The predicted molar refractivity (Wildman–Crippen MR) is 297 cm³/mol. The van der Waals surface area contributed by atoms with E-state index >= 15 is 14.4 Å². The van der Waals surface area contributed by atoms with Gasteiger partial charge in [-0.25, -0.2) is 0 Å². The van der Waals surface area contributed by atoms with Gasteiger partial charge in [0, 0.05) is 45.3 Å². The molecule has 406 valence electrons. The van der Waals surface area contributed by atoms with Crippen molar-refractivity contribution in [2.75, 3.05) is 26.2 Å². The van der Waals surface area contributed by atoms with Crippen LogP contribution in [-0.4, -0.2) is 109 Å². The van der Waals surface area contributed by atoms with Crippen molar-refractivity contribution in [2.45, 2.75) is 94.2 Å². The number of nitrogens with zero attached hydrogens (tertiary/aromatic N) is 1. The first kappa shape index (κ1) is 55.8. The van der Waals surface area contributed by atoms with Crippen LogP contribution in [0.2, 0.25) is 0 Å². The van der Waals surface area contributed by atoms with Gasteiger partial charge >= 0.3 is 0 Å². The van der Waals surface area contributed by atoms with Crippen molar-refractivity contribution in [3.8, 4) is 5.75 Å². The molecule has 2 fully saturated rings. The molecule has 2 saturated heterocycles. The fraction of sp³-hybridized carbons (Fsp3) is 0.328. The number of hydrogen-bond donors (Lipinski definition) is 8. The van der Waals surface area contributed by atoms with Crippen LogP contribution in [0, 0.1) is 5.92 Å². The first-order valence-electron chi connectivity index (χ1n) is 26.8. The van der Waals surface area contributed by atoms with Crippen molar-refractivity contribution >= 4 is 52.1 Å². The molecule has 6 aromatic rings. The Kier molecular flexibility index (Phi) is 19.7. The molecule has 0 bridgehead atoms. The average molecular weight is 1060 g/mol. The van der Waals surface area contributed by atoms with E-state index in [1.165, 1.54) is 4.90 Å². The topological polar surface area (TPSA) is 256 Å². The summed E-state index contributed by atoms with van der Waals surface area (Å²) in [5.74, 6) is -5.24. The summed E-state index contributed by atoms with van der Waals surface area (Å²) < 4.78 is 6.04. The number of carbonyl (C=O) groups is 7. The molecule has 2 aliphatic rings. The maximum atomic E-state index is 15.3. The zero-order chi connectivity index (χ0) is 54.8. The Labute approximate surface area is 454 Å². The van der Waals surface area contributed by atoms with Crippen LogP contribution in [0.15, 0.2) is 158 Å². The van der Waals surface area contributed by atoms with Crippen LogP contribution in [0.25, 0.3) is 10.8 Å². The summed E-state index contributed by atoms with van der Waals surface area (Å²) >= 11 is 0. The molecule has 8 rings (SSSR count). The quantitative estimate of drug-likeness (QED) is 0.0581. The minimum atomic E-state index is -1.44. The Bertz CT molecular complexity index is 3000. The maximum absolute atomic E-state index is 15.3. The second-order valence-electron chi connectivity index (χ2n) is 19.9. The van der Waals surface area contributed by atoms with E-state index in [9.17, 15) is 19.2 Å². The normalized spacial score (nSPS) is 21.5. The molecular formula is C61H69N9O8. The standard InChI is InChI=1S/C61H69N9O8/c62-30-13-12-22-49-56(72)66-50(36-42-24-27-47(28-25-42)78-39-43-18-8-3-9-19-43)59(75)69-53(37-41-16-6-2-7-17-41)61(77)70-33-29-48(55(71)64-32-31-63)54(70)60(76)68-51(35-40-14-4-1-5-15-40)58(74)67-52(57(73)65-49)38-44-23-26-45-20-10-11-21-46(45)34-44/h1-11,14-21,23-28,34,48-54H,12-13,22,29-33,35-39,62-63H2,(H,64,71)(H,65,73)(H,66,72)(H,67,74)(H,68,76)(H,69,75)/t48?,49-,50-,51-,52-,53-,54-/m0/s1. The molecular weight excluding hydrogens is 987 g/mol. The van der Waals surface area contributed by atoms with Gasteiger partial charge in [0.05, 0.1) is 5.92 Å². The smallest absolute Gasteiger partial charge is 0.246 e. The van der Waals surface area contributed by atoms with Crippen LogP contribution in [0.1, 0.15) is 53.5 Å². The molecule has 6 aromatic carbocycles. The van der Waals surface area contributed by atoms with Gasteiger partial charge in [-0.2, -0.15) is 0 Å². The summed E-state index contributed by atoms with van der Waals surface area (Å²) in [4.78, 5) is 106. The highest BCUT2D eigenvalue weighted by atomic mass is 16.5. The van der Waals surface area contributed by atoms with Gasteiger partial charge in [0.25, 0.3) is 0 Å². The van der Waals surface area contributed by atoms with Crippen molar-refractivity contribution in [3.63, 3.8) is 0 Å². The average Bonchev–Trinajstić information content (AvgIpc) is 3.91. The van der Waals surface area contributed by atoms with E-state index in [1.807, 2.05) is 84.9 Å². The molecule has 0 aromatic heterocycles. The Morgan fingerprint density at radius 3 is 1.56 bits per heavy atom. The van der Waals surface area contributed by atoms with Crippen molar-refractivity contribution in [1.29, 1.82) is 0 Å². The van der Waals surface area contributed by atoms with E-state index < -0.39 is 83.5 Å². The molecule has 2 aliphatic heterocycles.